The monoisotopic (exact) mass is 770 g/mol. The zero-order valence-electron chi connectivity index (χ0n) is 36.2. The quantitative estimate of drug-likeness (QED) is 0.0412. The van der Waals surface area contributed by atoms with Crippen LogP contribution in [0.15, 0.2) is 36.4 Å². The molecule has 2 amide bonds. The fraction of sp³-hybridized carbons (Fsp3) is 0.766. The van der Waals surface area contributed by atoms with Gasteiger partial charge in [0.25, 0.3) is 0 Å². The van der Waals surface area contributed by atoms with Gasteiger partial charge in [0, 0.05) is 19.5 Å². The Balaban J connectivity index is 2.70. The number of carbonyl (C=O) groups is 3. The molecular weight excluding hydrogens is 687 g/mol. The van der Waals surface area contributed by atoms with E-state index in [-0.39, 0.29) is 30.6 Å². The van der Waals surface area contributed by atoms with Crippen molar-refractivity contribution in [2.75, 3.05) is 47.4 Å². The average molecular weight is 770 g/mol. The van der Waals surface area contributed by atoms with Crippen LogP contribution in [0.1, 0.15) is 180 Å². The molecule has 0 spiro atoms. The Bertz CT molecular complexity index is 1110. The zero-order valence-corrected chi connectivity index (χ0v) is 36.2. The molecule has 8 heteroatoms. The highest BCUT2D eigenvalue weighted by Gasteiger charge is 2.29. The highest BCUT2D eigenvalue weighted by molar-refractivity contribution is 5.88. The van der Waals surface area contributed by atoms with Gasteiger partial charge >= 0.3 is 5.97 Å². The molecule has 0 saturated heterocycles. The standard InChI is InChI=1S/C47H83N3O5/c1-6-8-10-12-14-16-18-19-20-21-23-25-27-30-44(47(53)48-38-37-42-31-33-43(54-5)34-32-42)50(40-29-39-49(3)4)45(51)35-36-46(52)55-41-28-26-24-22-17-15-13-11-9-7-2/h12,14,31-34,44H,6-11,13,15-30,35-41H2,1-5H3,(H,48,53)/b14-12-. The van der Waals surface area contributed by atoms with E-state index in [1.807, 2.05) is 38.4 Å². The van der Waals surface area contributed by atoms with E-state index in [1.165, 1.54) is 103 Å². The van der Waals surface area contributed by atoms with Crippen LogP contribution in [-0.4, -0.2) is 81.1 Å². The van der Waals surface area contributed by atoms with Crippen molar-refractivity contribution in [3.05, 3.63) is 42.0 Å². The maximum Gasteiger partial charge on any atom is 0.306 e. The third kappa shape index (κ3) is 28.2. The number of benzene rings is 1. The largest absolute Gasteiger partial charge is 0.497 e. The SMILES string of the molecule is CCCC/C=C\CCCCCCCCCC(C(=O)NCCc1ccc(OC)cc1)N(CCCN(C)C)C(=O)CCC(=O)OCCCCCCCCCCCC. The van der Waals surface area contributed by atoms with Crippen LogP contribution < -0.4 is 10.1 Å². The van der Waals surface area contributed by atoms with Crippen molar-refractivity contribution in [2.45, 2.75) is 187 Å². The molecule has 0 aliphatic carbocycles. The van der Waals surface area contributed by atoms with E-state index in [4.69, 9.17) is 9.47 Å². The van der Waals surface area contributed by atoms with Crippen LogP contribution in [0.3, 0.4) is 0 Å². The smallest absolute Gasteiger partial charge is 0.306 e. The van der Waals surface area contributed by atoms with Crippen LogP contribution in [0.2, 0.25) is 0 Å². The maximum atomic E-state index is 13.9. The van der Waals surface area contributed by atoms with Gasteiger partial charge in [0.2, 0.25) is 11.8 Å². The number of methoxy groups -OCH3 is 1. The normalized spacial score (nSPS) is 12.0. The molecule has 0 fully saturated rings. The number of unbranched alkanes of at least 4 members (excludes halogenated alkanes) is 18. The van der Waals surface area contributed by atoms with E-state index >= 15 is 0 Å². The summed E-state index contributed by atoms with van der Waals surface area (Å²) >= 11 is 0. The second-order valence-corrected chi connectivity index (χ2v) is 15.7. The Morgan fingerprint density at radius 2 is 1.24 bits per heavy atom. The van der Waals surface area contributed by atoms with Crippen molar-refractivity contribution in [2.24, 2.45) is 0 Å². The number of amides is 2. The first-order valence-corrected chi connectivity index (χ1v) is 22.5. The van der Waals surface area contributed by atoms with Gasteiger partial charge in [0.15, 0.2) is 0 Å². The molecule has 0 aliphatic rings. The van der Waals surface area contributed by atoms with Gasteiger partial charge in [-0.15, -0.1) is 0 Å². The van der Waals surface area contributed by atoms with Gasteiger partial charge in [-0.05, 0) is 83.3 Å². The minimum atomic E-state index is -0.562. The lowest BCUT2D eigenvalue weighted by Gasteiger charge is -2.32. The molecule has 1 aromatic rings. The number of esters is 1. The number of nitrogens with one attached hydrogen (secondary N) is 1. The number of hydrogen-bond donors (Lipinski definition) is 1. The summed E-state index contributed by atoms with van der Waals surface area (Å²) in [5, 5.41) is 3.15. The fourth-order valence-corrected chi connectivity index (χ4v) is 6.92. The Hall–Kier alpha value is -2.87. The van der Waals surface area contributed by atoms with Crippen LogP contribution >= 0.6 is 0 Å². The molecule has 1 unspecified atom stereocenters. The Kier molecular flexibility index (Phi) is 32.4. The maximum absolute atomic E-state index is 13.9. The van der Waals surface area contributed by atoms with Crippen molar-refractivity contribution in [1.29, 1.82) is 0 Å². The van der Waals surface area contributed by atoms with Gasteiger partial charge in [0.1, 0.15) is 11.8 Å². The fourth-order valence-electron chi connectivity index (χ4n) is 6.92. The van der Waals surface area contributed by atoms with Crippen LogP contribution in [0.25, 0.3) is 0 Å². The summed E-state index contributed by atoms with van der Waals surface area (Å²) in [4.78, 5) is 44.2. The summed E-state index contributed by atoms with van der Waals surface area (Å²) in [6.07, 6.45) is 32.0. The average Bonchev–Trinajstić information content (AvgIpc) is 3.18. The number of ether oxygens (including phenoxy) is 2. The lowest BCUT2D eigenvalue weighted by molar-refractivity contribution is -0.147. The van der Waals surface area contributed by atoms with Crippen molar-refractivity contribution >= 4 is 17.8 Å². The third-order valence-corrected chi connectivity index (χ3v) is 10.4. The van der Waals surface area contributed by atoms with Gasteiger partial charge in [-0.3, -0.25) is 14.4 Å². The highest BCUT2D eigenvalue weighted by Crippen LogP contribution is 2.18. The molecule has 1 atom stereocenters. The highest BCUT2D eigenvalue weighted by atomic mass is 16.5. The summed E-state index contributed by atoms with van der Waals surface area (Å²) in [6.45, 7) is 6.67. The molecule has 1 aromatic carbocycles. The predicted molar refractivity (Wildman–Crippen MR) is 231 cm³/mol. The van der Waals surface area contributed by atoms with Gasteiger partial charge in [-0.2, -0.15) is 0 Å². The third-order valence-electron chi connectivity index (χ3n) is 10.4. The molecule has 0 saturated carbocycles. The lowest BCUT2D eigenvalue weighted by atomic mass is 10.0. The summed E-state index contributed by atoms with van der Waals surface area (Å²) in [5.74, 6) is 0.221. The van der Waals surface area contributed by atoms with E-state index < -0.39 is 6.04 Å². The Labute approximate surface area is 337 Å². The Morgan fingerprint density at radius 3 is 1.84 bits per heavy atom. The molecular formula is C47H83N3O5. The molecule has 1 rings (SSSR count). The minimum absolute atomic E-state index is 0.0428. The molecule has 0 aliphatic heterocycles. The molecule has 0 bridgehead atoms. The molecule has 0 heterocycles. The predicted octanol–water partition coefficient (Wildman–Crippen LogP) is 11.0. The first-order valence-electron chi connectivity index (χ1n) is 22.5. The summed E-state index contributed by atoms with van der Waals surface area (Å²) in [5.41, 5.74) is 1.11. The molecule has 0 radical (unpaired) electrons. The van der Waals surface area contributed by atoms with Gasteiger partial charge in [-0.1, -0.05) is 147 Å². The second-order valence-electron chi connectivity index (χ2n) is 15.7. The van der Waals surface area contributed by atoms with E-state index in [2.05, 4.69) is 36.2 Å². The summed E-state index contributed by atoms with van der Waals surface area (Å²) < 4.78 is 10.8. The van der Waals surface area contributed by atoms with E-state index in [0.29, 0.717) is 32.5 Å². The molecule has 1 N–H and O–H groups in total. The van der Waals surface area contributed by atoms with Crippen LogP contribution in [-0.2, 0) is 25.5 Å². The van der Waals surface area contributed by atoms with Gasteiger partial charge in [0.05, 0.1) is 20.1 Å². The molecule has 0 aromatic heterocycles. The van der Waals surface area contributed by atoms with Gasteiger partial charge in [-0.25, -0.2) is 0 Å². The number of carbonyl (C=O) groups excluding carboxylic acids is 3. The van der Waals surface area contributed by atoms with Crippen molar-refractivity contribution < 1.29 is 23.9 Å². The number of allylic oxidation sites excluding steroid dienone is 2. The number of hydrogen-bond acceptors (Lipinski definition) is 6. The first kappa shape index (κ1) is 50.1. The molecule has 8 nitrogen and oxygen atoms in total. The lowest BCUT2D eigenvalue weighted by Crippen LogP contribution is -2.50. The Morgan fingerprint density at radius 1 is 0.673 bits per heavy atom. The minimum Gasteiger partial charge on any atom is -0.497 e. The van der Waals surface area contributed by atoms with Crippen molar-refractivity contribution in [3.8, 4) is 5.75 Å². The van der Waals surface area contributed by atoms with E-state index in [9.17, 15) is 14.4 Å². The number of rotatable bonds is 37. The first-order chi connectivity index (χ1) is 26.8. The summed E-state index contributed by atoms with van der Waals surface area (Å²) in [6, 6.07) is 7.32. The van der Waals surface area contributed by atoms with Crippen molar-refractivity contribution in [3.63, 3.8) is 0 Å². The van der Waals surface area contributed by atoms with Crippen LogP contribution in [0, 0.1) is 0 Å². The topological polar surface area (TPSA) is 88.2 Å². The second kappa shape index (κ2) is 35.5. The molecule has 316 valence electrons. The zero-order chi connectivity index (χ0) is 40.2. The number of nitrogens with zero attached hydrogens (tertiary/aromatic N) is 2. The molecule has 55 heavy (non-hydrogen) atoms. The van der Waals surface area contributed by atoms with Crippen LogP contribution in [0.4, 0.5) is 0 Å². The van der Waals surface area contributed by atoms with E-state index in [1.54, 1.807) is 12.0 Å². The summed E-state index contributed by atoms with van der Waals surface area (Å²) in [7, 11) is 5.69. The van der Waals surface area contributed by atoms with Crippen molar-refractivity contribution in [1.82, 2.24) is 15.1 Å². The van der Waals surface area contributed by atoms with E-state index in [0.717, 1.165) is 56.4 Å². The van der Waals surface area contributed by atoms with Gasteiger partial charge < -0.3 is 24.6 Å². The van der Waals surface area contributed by atoms with Crippen LogP contribution in [0.5, 0.6) is 5.75 Å².